The predicted molar refractivity (Wildman–Crippen MR) is 118 cm³/mol. The SMILES string of the molecule is C=CC.CC(C)C[C@H](CC(N)=O)C(=O)NC1C(=O)N(C)c2ccccc2N(C)C1=O. The summed E-state index contributed by atoms with van der Waals surface area (Å²) in [6, 6.07) is 5.64. The fraction of sp³-hybridized carbons (Fsp3) is 0.455. The number of carbonyl (C=O) groups excluding carboxylic acids is 4. The van der Waals surface area contributed by atoms with Crippen molar-refractivity contribution in [1.29, 1.82) is 0 Å². The van der Waals surface area contributed by atoms with Gasteiger partial charge >= 0.3 is 0 Å². The maximum Gasteiger partial charge on any atom is 0.259 e. The average Bonchev–Trinajstić information content (AvgIpc) is 2.74. The molecule has 1 aromatic carbocycles. The van der Waals surface area contributed by atoms with Crippen LogP contribution in [0.1, 0.15) is 33.6 Å². The first-order chi connectivity index (χ1) is 14.0. The molecule has 8 heteroatoms. The van der Waals surface area contributed by atoms with Gasteiger partial charge in [-0.1, -0.05) is 32.1 Å². The van der Waals surface area contributed by atoms with E-state index >= 15 is 0 Å². The minimum Gasteiger partial charge on any atom is -0.370 e. The van der Waals surface area contributed by atoms with E-state index in [-0.39, 0.29) is 12.3 Å². The van der Waals surface area contributed by atoms with Gasteiger partial charge in [0.05, 0.1) is 11.4 Å². The highest BCUT2D eigenvalue weighted by Gasteiger charge is 2.39. The molecular formula is C22H32N4O4. The number of allylic oxidation sites excluding steroid dienone is 1. The Kier molecular flexibility index (Phi) is 9.23. The molecule has 0 aromatic heterocycles. The number of amides is 4. The van der Waals surface area contributed by atoms with E-state index in [1.165, 1.54) is 9.80 Å². The fourth-order valence-corrected chi connectivity index (χ4v) is 3.24. The lowest BCUT2D eigenvalue weighted by atomic mass is 9.92. The van der Waals surface area contributed by atoms with Gasteiger partial charge in [-0.3, -0.25) is 19.2 Å². The Morgan fingerprint density at radius 3 is 1.93 bits per heavy atom. The van der Waals surface area contributed by atoms with Crippen LogP contribution in [0, 0.1) is 11.8 Å². The van der Waals surface area contributed by atoms with Crippen molar-refractivity contribution >= 4 is 35.0 Å². The van der Waals surface area contributed by atoms with Crippen molar-refractivity contribution in [2.45, 2.75) is 39.7 Å². The molecule has 0 saturated carbocycles. The van der Waals surface area contributed by atoms with Gasteiger partial charge in [0.1, 0.15) is 0 Å². The highest BCUT2D eigenvalue weighted by molar-refractivity contribution is 6.21. The Morgan fingerprint density at radius 2 is 1.57 bits per heavy atom. The first kappa shape index (κ1) is 24.9. The Balaban J connectivity index is 0.00000141. The summed E-state index contributed by atoms with van der Waals surface area (Å²) in [6.45, 7) is 9.09. The van der Waals surface area contributed by atoms with Crippen molar-refractivity contribution in [3.63, 3.8) is 0 Å². The molecule has 2 rings (SSSR count). The van der Waals surface area contributed by atoms with Crippen LogP contribution in [-0.4, -0.2) is 43.8 Å². The molecule has 0 aliphatic carbocycles. The quantitative estimate of drug-likeness (QED) is 0.544. The summed E-state index contributed by atoms with van der Waals surface area (Å²) in [5, 5.41) is 2.54. The lowest BCUT2D eigenvalue weighted by molar-refractivity contribution is -0.136. The number of hydrogen-bond donors (Lipinski definition) is 2. The number of hydrogen-bond acceptors (Lipinski definition) is 4. The topological polar surface area (TPSA) is 113 Å². The van der Waals surface area contributed by atoms with Crippen molar-refractivity contribution < 1.29 is 19.2 Å². The second-order valence-electron chi connectivity index (χ2n) is 7.63. The highest BCUT2D eigenvalue weighted by Crippen LogP contribution is 2.31. The van der Waals surface area contributed by atoms with E-state index in [2.05, 4.69) is 11.9 Å². The zero-order valence-corrected chi connectivity index (χ0v) is 18.3. The Labute approximate surface area is 178 Å². The molecule has 0 fully saturated rings. The van der Waals surface area contributed by atoms with Gasteiger partial charge in [-0.25, -0.2) is 0 Å². The molecule has 4 amide bonds. The van der Waals surface area contributed by atoms with Crippen molar-refractivity contribution in [1.82, 2.24) is 5.32 Å². The molecule has 1 heterocycles. The molecule has 3 N–H and O–H groups in total. The Hall–Kier alpha value is -3.16. The van der Waals surface area contributed by atoms with Crippen LogP contribution in [0.4, 0.5) is 11.4 Å². The van der Waals surface area contributed by atoms with Crippen LogP contribution >= 0.6 is 0 Å². The highest BCUT2D eigenvalue weighted by atomic mass is 16.2. The van der Waals surface area contributed by atoms with Crippen molar-refractivity contribution in [2.75, 3.05) is 23.9 Å². The van der Waals surface area contributed by atoms with Crippen molar-refractivity contribution in [2.24, 2.45) is 17.6 Å². The van der Waals surface area contributed by atoms with E-state index in [0.29, 0.717) is 17.8 Å². The van der Waals surface area contributed by atoms with Crippen LogP contribution in [-0.2, 0) is 19.2 Å². The van der Waals surface area contributed by atoms with Gasteiger partial charge in [-0.05, 0) is 31.4 Å². The summed E-state index contributed by atoms with van der Waals surface area (Å²) in [6.07, 6.45) is 2.04. The third-order valence-corrected chi connectivity index (χ3v) is 4.62. The number of nitrogens with two attached hydrogens (primary N) is 1. The standard InChI is InChI=1S/C19H26N4O4.C3H6/c1-11(2)9-12(10-15(20)24)17(25)21-16-18(26)22(3)13-7-5-6-8-14(13)23(4)19(16)27;1-3-2/h5-8,11-12,16H,9-10H2,1-4H3,(H2,20,24)(H,21,25);3H,1H2,2H3/t12-;/m1./s1. The van der Waals surface area contributed by atoms with Crippen LogP contribution < -0.4 is 20.9 Å². The minimum atomic E-state index is -1.36. The molecule has 1 aromatic rings. The molecule has 0 bridgehead atoms. The monoisotopic (exact) mass is 416 g/mol. The van der Waals surface area contributed by atoms with Crippen LogP contribution in [0.2, 0.25) is 0 Å². The van der Waals surface area contributed by atoms with Gasteiger partial charge in [-0.15, -0.1) is 6.58 Å². The number of para-hydroxylation sites is 2. The maximum absolute atomic E-state index is 12.8. The van der Waals surface area contributed by atoms with Crippen LogP contribution in [0.3, 0.4) is 0 Å². The van der Waals surface area contributed by atoms with Gasteiger partial charge in [0.2, 0.25) is 11.8 Å². The molecule has 30 heavy (non-hydrogen) atoms. The van der Waals surface area contributed by atoms with Crippen molar-refractivity contribution in [3.05, 3.63) is 36.9 Å². The number of likely N-dealkylation sites (N-methyl/N-ethyl adjacent to an activating group) is 2. The lowest BCUT2D eigenvalue weighted by Gasteiger charge is -2.24. The lowest BCUT2D eigenvalue weighted by Crippen LogP contribution is -2.55. The maximum atomic E-state index is 12.8. The summed E-state index contributed by atoms with van der Waals surface area (Å²) in [5.41, 5.74) is 6.40. The third-order valence-electron chi connectivity index (χ3n) is 4.62. The second kappa shape index (κ2) is 11.1. The van der Waals surface area contributed by atoms with Gasteiger partial charge in [0, 0.05) is 26.4 Å². The van der Waals surface area contributed by atoms with Gasteiger partial charge in [-0.2, -0.15) is 0 Å². The van der Waals surface area contributed by atoms with Gasteiger partial charge in [0.25, 0.3) is 11.8 Å². The van der Waals surface area contributed by atoms with E-state index in [1.807, 2.05) is 20.8 Å². The average molecular weight is 417 g/mol. The number of benzene rings is 1. The number of nitrogens with zero attached hydrogens (tertiary/aromatic N) is 2. The minimum absolute atomic E-state index is 0.134. The predicted octanol–water partition coefficient (Wildman–Crippen LogP) is 1.84. The van der Waals surface area contributed by atoms with E-state index in [1.54, 1.807) is 44.4 Å². The number of carbonyl (C=O) groups is 4. The number of rotatable bonds is 6. The van der Waals surface area contributed by atoms with E-state index in [4.69, 9.17) is 5.73 Å². The summed E-state index contributed by atoms with van der Waals surface area (Å²) < 4.78 is 0. The zero-order chi connectivity index (χ0) is 23.0. The largest absolute Gasteiger partial charge is 0.370 e. The second-order valence-corrected chi connectivity index (χ2v) is 7.63. The van der Waals surface area contributed by atoms with Gasteiger partial charge in [0.15, 0.2) is 6.04 Å². The Morgan fingerprint density at radius 1 is 1.13 bits per heavy atom. The molecule has 0 saturated heterocycles. The van der Waals surface area contributed by atoms with E-state index in [0.717, 1.165) is 0 Å². The molecule has 0 radical (unpaired) electrons. The molecular weight excluding hydrogens is 384 g/mol. The molecule has 164 valence electrons. The van der Waals surface area contributed by atoms with Crippen molar-refractivity contribution in [3.8, 4) is 0 Å². The van der Waals surface area contributed by atoms with Crippen LogP contribution in [0.25, 0.3) is 0 Å². The number of fused-ring (bicyclic) bond motifs is 1. The fourth-order valence-electron chi connectivity index (χ4n) is 3.24. The number of anilines is 2. The normalized spacial score (nSPS) is 15.0. The molecule has 1 aliphatic rings. The van der Waals surface area contributed by atoms with E-state index in [9.17, 15) is 19.2 Å². The first-order valence-corrected chi connectivity index (χ1v) is 9.84. The summed E-state index contributed by atoms with van der Waals surface area (Å²) in [4.78, 5) is 52.4. The van der Waals surface area contributed by atoms with E-state index < -0.39 is 35.6 Å². The molecule has 1 atom stereocenters. The molecule has 8 nitrogen and oxygen atoms in total. The molecule has 0 spiro atoms. The molecule has 1 aliphatic heterocycles. The first-order valence-electron chi connectivity index (χ1n) is 9.84. The number of nitrogens with one attached hydrogen (secondary N) is 1. The Bertz CT molecular complexity index is 765. The smallest absolute Gasteiger partial charge is 0.259 e. The summed E-state index contributed by atoms with van der Waals surface area (Å²) >= 11 is 0. The van der Waals surface area contributed by atoms with Crippen LogP contribution in [0.15, 0.2) is 36.9 Å². The number of primary amides is 1. The summed E-state index contributed by atoms with van der Waals surface area (Å²) in [5.74, 6) is -2.74. The molecule has 0 unspecified atom stereocenters. The summed E-state index contributed by atoms with van der Waals surface area (Å²) in [7, 11) is 3.11. The third kappa shape index (κ3) is 6.17. The van der Waals surface area contributed by atoms with Crippen LogP contribution in [0.5, 0.6) is 0 Å². The van der Waals surface area contributed by atoms with Gasteiger partial charge < -0.3 is 20.9 Å². The zero-order valence-electron chi connectivity index (χ0n) is 18.3.